The van der Waals surface area contributed by atoms with Crippen molar-refractivity contribution < 1.29 is 19.7 Å². The van der Waals surface area contributed by atoms with Crippen molar-refractivity contribution in [1.82, 2.24) is 0 Å². The van der Waals surface area contributed by atoms with Crippen molar-refractivity contribution in [2.75, 3.05) is 25.6 Å². The van der Waals surface area contributed by atoms with E-state index in [4.69, 9.17) is 14.6 Å². The van der Waals surface area contributed by atoms with Crippen LogP contribution in [0.15, 0.2) is 54.7 Å². The van der Waals surface area contributed by atoms with Gasteiger partial charge in [0.15, 0.2) is 0 Å². The van der Waals surface area contributed by atoms with Gasteiger partial charge >= 0.3 is 0 Å². The van der Waals surface area contributed by atoms with Crippen molar-refractivity contribution in [2.24, 2.45) is 0 Å². The van der Waals surface area contributed by atoms with Gasteiger partial charge in [-0.05, 0) is 49.2 Å². The molecule has 0 aromatic heterocycles. The molecule has 2 aromatic carbocycles. The number of aliphatic hydroxyl groups excluding tert-OH is 2. The van der Waals surface area contributed by atoms with Gasteiger partial charge in [0, 0.05) is 31.2 Å². The summed E-state index contributed by atoms with van der Waals surface area (Å²) >= 11 is 0. The van der Waals surface area contributed by atoms with Gasteiger partial charge in [0.1, 0.15) is 5.75 Å². The first-order valence-electron chi connectivity index (χ1n) is 11.1. The van der Waals surface area contributed by atoms with Gasteiger partial charge in [-0.1, -0.05) is 49.8 Å². The molecule has 0 saturated carbocycles. The van der Waals surface area contributed by atoms with Crippen LogP contribution in [0.1, 0.15) is 42.9 Å². The number of methoxy groups -OCH3 is 1. The van der Waals surface area contributed by atoms with Gasteiger partial charge in [-0.3, -0.25) is 0 Å². The highest BCUT2D eigenvalue weighted by Gasteiger charge is 2.13. The minimum atomic E-state index is -0.572. The number of allylic oxidation sites excluding steroid dienone is 1. The Hall–Kier alpha value is -2.34. The molecule has 5 heteroatoms. The van der Waals surface area contributed by atoms with Crippen LogP contribution in [0.2, 0.25) is 0 Å². The third-order valence-electron chi connectivity index (χ3n) is 5.34. The van der Waals surface area contributed by atoms with E-state index in [2.05, 4.69) is 42.6 Å². The summed E-state index contributed by atoms with van der Waals surface area (Å²) in [7, 11) is 1.53. The maximum atomic E-state index is 10.1. The Kier molecular flexibility index (Phi) is 11.1. The van der Waals surface area contributed by atoms with Crippen LogP contribution in [-0.4, -0.2) is 42.7 Å². The van der Waals surface area contributed by atoms with Gasteiger partial charge in [-0.15, -0.1) is 0 Å². The van der Waals surface area contributed by atoms with Gasteiger partial charge in [0.25, 0.3) is 0 Å². The summed E-state index contributed by atoms with van der Waals surface area (Å²) in [4.78, 5) is 0. The van der Waals surface area contributed by atoms with Crippen molar-refractivity contribution >= 4 is 5.69 Å². The summed E-state index contributed by atoms with van der Waals surface area (Å²) in [5.41, 5.74) is 4.70. The molecular weight excluding hydrogens is 390 g/mol. The Bertz CT molecular complexity index is 784. The molecule has 0 saturated heterocycles. The molecule has 2 rings (SSSR count). The lowest BCUT2D eigenvalue weighted by Gasteiger charge is -2.18. The highest BCUT2D eigenvalue weighted by Crippen LogP contribution is 2.26. The van der Waals surface area contributed by atoms with Crippen LogP contribution >= 0.6 is 0 Å². The zero-order valence-electron chi connectivity index (χ0n) is 19.0. The highest BCUT2D eigenvalue weighted by molar-refractivity contribution is 5.58. The molecule has 170 valence electrons. The highest BCUT2D eigenvalue weighted by atomic mass is 16.5. The number of anilines is 1. The fourth-order valence-electron chi connectivity index (χ4n) is 3.37. The topological polar surface area (TPSA) is 71.0 Å². The zero-order valence-corrected chi connectivity index (χ0v) is 19.0. The van der Waals surface area contributed by atoms with Gasteiger partial charge in [-0.25, -0.2) is 0 Å². The van der Waals surface area contributed by atoms with Crippen LogP contribution in [0.25, 0.3) is 0 Å². The summed E-state index contributed by atoms with van der Waals surface area (Å²) in [5, 5.41) is 22.6. The van der Waals surface area contributed by atoms with Crippen molar-refractivity contribution in [2.45, 2.75) is 58.2 Å². The summed E-state index contributed by atoms with van der Waals surface area (Å²) in [6, 6.07) is 14.7. The smallest absolute Gasteiger partial charge is 0.124 e. The molecule has 5 nitrogen and oxygen atoms in total. The number of nitrogens with one attached hydrogen (secondary N) is 1. The molecule has 0 spiro atoms. The monoisotopic (exact) mass is 427 g/mol. The first-order valence-corrected chi connectivity index (χ1v) is 11.1. The molecule has 2 atom stereocenters. The maximum absolute atomic E-state index is 10.1. The zero-order chi connectivity index (χ0) is 22.5. The van der Waals surface area contributed by atoms with E-state index in [0.29, 0.717) is 19.4 Å². The lowest BCUT2D eigenvalue weighted by Crippen LogP contribution is -2.24. The van der Waals surface area contributed by atoms with Gasteiger partial charge in [-0.2, -0.15) is 0 Å². The first kappa shape index (κ1) is 24.9. The van der Waals surface area contributed by atoms with Crippen molar-refractivity contribution in [3.8, 4) is 5.75 Å². The molecule has 0 aliphatic heterocycles. The Morgan fingerprint density at radius 3 is 2.52 bits per heavy atom. The van der Waals surface area contributed by atoms with Gasteiger partial charge in [0.2, 0.25) is 0 Å². The molecule has 0 amide bonds. The number of aryl methyl sites for hydroxylation is 1. The summed E-state index contributed by atoms with van der Waals surface area (Å²) in [6.07, 6.45) is 7.22. The van der Waals surface area contributed by atoms with Crippen molar-refractivity contribution in [1.29, 1.82) is 0 Å². The number of aliphatic hydroxyl groups is 2. The predicted octanol–water partition coefficient (Wildman–Crippen LogP) is 4.64. The minimum Gasteiger partial charge on any atom is -0.493 e. The molecule has 2 unspecified atom stereocenters. The van der Waals surface area contributed by atoms with Crippen LogP contribution < -0.4 is 10.1 Å². The number of hydrogen-bond donors (Lipinski definition) is 3. The number of ether oxygens (including phenoxy) is 2. The standard InChI is InChI=1S/C26H37NO4/c1-4-7-21-11-13-22(14-12-21)8-6-16-27-25-9-5-10-26(20(25)2)31-17-15-23(29)18-24(19-28)30-3/h5-6,9-14,16,23-24,27-29H,4,7-8,15,17-19H2,1-3H3/b16-6+. The largest absolute Gasteiger partial charge is 0.493 e. The van der Waals surface area contributed by atoms with Gasteiger partial charge in [0.05, 0.1) is 25.4 Å². The van der Waals surface area contributed by atoms with E-state index < -0.39 is 6.10 Å². The second-order valence-corrected chi connectivity index (χ2v) is 7.81. The molecule has 0 radical (unpaired) electrons. The van der Waals surface area contributed by atoms with Crippen LogP contribution in [0, 0.1) is 6.92 Å². The van der Waals surface area contributed by atoms with E-state index >= 15 is 0 Å². The van der Waals surface area contributed by atoms with E-state index in [1.807, 2.05) is 31.3 Å². The third-order valence-corrected chi connectivity index (χ3v) is 5.34. The molecular formula is C26H37NO4. The van der Waals surface area contributed by atoms with Crippen LogP contribution in [0.5, 0.6) is 5.75 Å². The molecule has 0 bridgehead atoms. The summed E-state index contributed by atoms with van der Waals surface area (Å²) in [6.45, 7) is 4.52. The Morgan fingerprint density at radius 1 is 1.10 bits per heavy atom. The quantitative estimate of drug-likeness (QED) is 0.410. The summed E-state index contributed by atoms with van der Waals surface area (Å²) < 4.78 is 11.0. The number of rotatable bonds is 14. The van der Waals surface area contributed by atoms with Crippen molar-refractivity contribution in [3.63, 3.8) is 0 Å². The molecule has 0 aliphatic rings. The second kappa shape index (κ2) is 13.9. The molecule has 3 N–H and O–H groups in total. The van der Waals surface area contributed by atoms with E-state index in [1.165, 1.54) is 24.7 Å². The molecule has 0 aliphatic carbocycles. The lowest BCUT2D eigenvalue weighted by atomic mass is 10.1. The van der Waals surface area contributed by atoms with Crippen LogP contribution in [0.3, 0.4) is 0 Å². The first-order chi connectivity index (χ1) is 15.1. The van der Waals surface area contributed by atoms with E-state index in [9.17, 15) is 5.11 Å². The van der Waals surface area contributed by atoms with Crippen molar-refractivity contribution in [3.05, 3.63) is 71.4 Å². The summed E-state index contributed by atoms with van der Waals surface area (Å²) in [5.74, 6) is 0.794. The predicted molar refractivity (Wildman–Crippen MR) is 127 cm³/mol. The average molecular weight is 428 g/mol. The Morgan fingerprint density at radius 2 is 1.84 bits per heavy atom. The average Bonchev–Trinajstić information content (AvgIpc) is 2.78. The van der Waals surface area contributed by atoms with E-state index in [0.717, 1.165) is 29.8 Å². The van der Waals surface area contributed by atoms with Crippen LogP contribution in [0.4, 0.5) is 5.69 Å². The molecule has 0 heterocycles. The Balaban J connectivity index is 1.81. The third kappa shape index (κ3) is 8.74. The number of hydrogen-bond acceptors (Lipinski definition) is 5. The van der Waals surface area contributed by atoms with Crippen LogP contribution in [-0.2, 0) is 17.6 Å². The van der Waals surface area contributed by atoms with Gasteiger partial charge < -0.3 is 25.0 Å². The van der Waals surface area contributed by atoms with E-state index in [1.54, 1.807) is 0 Å². The lowest BCUT2D eigenvalue weighted by molar-refractivity contribution is 0.00495. The molecule has 31 heavy (non-hydrogen) atoms. The minimum absolute atomic E-state index is 0.0983. The fourth-order valence-corrected chi connectivity index (χ4v) is 3.37. The molecule has 2 aromatic rings. The molecule has 0 fully saturated rings. The Labute approximate surface area is 186 Å². The second-order valence-electron chi connectivity index (χ2n) is 7.81. The number of benzene rings is 2. The maximum Gasteiger partial charge on any atom is 0.124 e. The normalized spacial score (nSPS) is 13.3. The van der Waals surface area contributed by atoms with E-state index in [-0.39, 0.29) is 12.7 Å². The SMILES string of the molecule is CCCc1ccc(C/C=C/Nc2cccc(OCCC(O)CC(CO)OC)c2C)cc1. The fraction of sp³-hybridized carbons (Fsp3) is 0.462.